The van der Waals surface area contributed by atoms with Gasteiger partial charge in [-0.1, -0.05) is 62.3 Å². The number of carbonyl (C=O) groups is 2. The first-order valence-corrected chi connectivity index (χ1v) is 17.5. The van der Waals surface area contributed by atoms with Crippen LogP contribution in [0.5, 0.6) is 5.75 Å². The Morgan fingerprint density at radius 3 is 2.49 bits per heavy atom. The first-order valence-electron chi connectivity index (χ1n) is 16.0. The highest BCUT2D eigenvalue weighted by atomic mass is 32.2. The highest BCUT2D eigenvalue weighted by Crippen LogP contribution is 2.61. The summed E-state index contributed by atoms with van der Waals surface area (Å²) in [5.74, 6) is 0.952. The predicted molar refractivity (Wildman–Crippen MR) is 177 cm³/mol. The van der Waals surface area contributed by atoms with Gasteiger partial charge in [-0.05, 0) is 104 Å². The zero-order valence-corrected chi connectivity index (χ0v) is 27.8. The molecule has 8 nitrogen and oxygen atoms in total. The Kier molecular flexibility index (Phi) is 9.23. The summed E-state index contributed by atoms with van der Waals surface area (Å²) in [6.07, 6.45) is 12.1. The van der Waals surface area contributed by atoms with Crippen molar-refractivity contribution in [2.45, 2.75) is 82.6 Å². The van der Waals surface area contributed by atoms with E-state index in [1.54, 1.807) is 36.4 Å². The summed E-state index contributed by atoms with van der Waals surface area (Å²) in [5, 5.41) is 5.99. The van der Waals surface area contributed by atoms with Crippen molar-refractivity contribution in [3.05, 3.63) is 84.0 Å². The van der Waals surface area contributed by atoms with Crippen LogP contribution in [0, 0.1) is 22.7 Å². The second-order valence-electron chi connectivity index (χ2n) is 13.9. The maximum absolute atomic E-state index is 13.2. The monoisotopic (exact) mass is 633 g/mol. The van der Waals surface area contributed by atoms with Gasteiger partial charge >= 0.3 is 6.03 Å². The smallest absolute Gasteiger partial charge is 0.329 e. The lowest BCUT2D eigenvalue weighted by Crippen LogP contribution is -2.63. The first kappa shape index (κ1) is 32.8. The van der Waals surface area contributed by atoms with Crippen molar-refractivity contribution in [1.29, 1.82) is 0 Å². The average Bonchev–Trinajstić information content (AvgIpc) is 3.00. The van der Waals surface area contributed by atoms with Crippen molar-refractivity contribution in [3.8, 4) is 5.75 Å². The summed E-state index contributed by atoms with van der Waals surface area (Å²) in [4.78, 5) is 25.8. The molecule has 242 valence electrons. The van der Waals surface area contributed by atoms with Crippen LogP contribution in [0.15, 0.2) is 77.7 Å². The molecule has 2 aromatic carbocycles. The number of rotatable bonds is 9. The molecule has 9 heteroatoms. The van der Waals surface area contributed by atoms with Gasteiger partial charge in [0.2, 0.25) is 0 Å². The molecule has 5 atom stereocenters. The molecule has 0 aromatic heterocycles. The summed E-state index contributed by atoms with van der Waals surface area (Å²) < 4.78 is 33.9. The molecule has 3 aliphatic carbocycles. The Bertz CT molecular complexity index is 1590. The summed E-state index contributed by atoms with van der Waals surface area (Å²) in [6.45, 7) is 11.2. The summed E-state index contributed by atoms with van der Waals surface area (Å²) in [5.41, 5.74) is 2.50. The van der Waals surface area contributed by atoms with Gasteiger partial charge in [0.25, 0.3) is 15.9 Å². The van der Waals surface area contributed by atoms with E-state index in [9.17, 15) is 18.0 Å². The maximum Gasteiger partial charge on any atom is 0.329 e. The number of para-hydroxylation sites is 1. The van der Waals surface area contributed by atoms with Crippen LogP contribution in [-0.2, 0) is 16.4 Å². The summed E-state index contributed by atoms with van der Waals surface area (Å²) in [7, 11) is -2.56. The standard InChI is InChI=1S/C36H47N3O5S/c1-6-34(2)22-18-29-26(24-34)14-17-31-35(29,3)20-9-21-36(31,4)38-33(41)39-45(42,43)27-15-12-25(13-16-27)19-23-37-32(40)28-10-7-8-11-30(28)44-5/h6-8,10-16,29,31H,1,9,17-24H2,2-5H3,(H,37,40)(H2,38,39,41)/t29-,31+,34-,35+,36+/m0/s1. The Balaban J connectivity index is 1.19. The van der Waals surface area contributed by atoms with Gasteiger partial charge in [0.05, 0.1) is 17.6 Å². The third-order valence-corrected chi connectivity index (χ3v) is 12.2. The fraction of sp³-hybridized carbons (Fsp3) is 0.500. The first-order chi connectivity index (χ1) is 21.3. The second-order valence-corrected chi connectivity index (χ2v) is 15.6. The van der Waals surface area contributed by atoms with Crippen LogP contribution in [0.4, 0.5) is 4.79 Å². The van der Waals surface area contributed by atoms with E-state index in [0.717, 1.165) is 50.5 Å². The van der Waals surface area contributed by atoms with Gasteiger partial charge in [-0.2, -0.15) is 0 Å². The van der Waals surface area contributed by atoms with Crippen molar-refractivity contribution in [2.75, 3.05) is 13.7 Å². The molecule has 0 spiro atoms. The SMILES string of the molecule is C=C[C@@]1(C)CC[C@H]2C(=CC[C@@H]3[C@]2(C)CCC[C@@]3(C)NC(=O)NS(=O)(=O)c2ccc(CCNC(=O)c3ccccc3OC)cc2)C1. The van der Waals surface area contributed by atoms with E-state index in [1.807, 2.05) is 0 Å². The molecule has 45 heavy (non-hydrogen) atoms. The number of carbonyl (C=O) groups excluding carboxylic acids is 2. The number of amides is 3. The largest absolute Gasteiger partial charge is 0.496 e. The Hall–Kier alpha value is -3.59. The van der Waals surface area contributed by atoms with Crippen LogP contribution < -0.4 is 20.1 Å². The number of hydrogen-bond acceptors (Lipinski definition) is 5. The predicted octanol–water partition coefficient (Wildman–Crippen LogP) is 6.54. The van der Waals surface area contributed by atoms with Gasteiger partial charge in [-0.15, -0.1) is 6.58 Å². The lowest BCUT2D eigenvalue weighted by atomic mass is 9.47. The number of methoxy groups -OCH3 is 1. The normalized spacial score (nSPS) is 29.3. The van der Waals surface area contributed by atoms with Gasteiger partial charge in [0.15, 0.2) is 0 Å². The highest BCUT2D eigenvalue weighted by Gasteiger charge is 2.56. The molecule has 3 N–H and O–H groups in total. The summed E-state index contributed by atoms with van der Waals surface area (Å²) in [6, 6.07) is 12.7. The number of sulfonamides is 1. The Morgan fingerprint density at radius 2 is 1.78 bits per heavy atom. The zero-order valence-electron chi connectivity index (χ0n) is 26.9. The number of urea groups is 1. The third kappa shape index (κ3) is 6.69. The van der Waals surface area contributed by atoms with Crippen LogP contribution in [0.3, 0.4) is 0 Å². The van der Waals surface area contributed by atoms with E-state index in [2.05, 4.69) is 54.9 Å². The molecule has 2 aromatic rings. The topological polar surface area (TPSA) is 114 Å². The van der Waals surface area contributed by atoms with Crippen LogP contribution in [0.2, 0.25) is 0 Å². The van der Waals surface area contributed by atoms with E-state index in [0.29, 0.717) is 30.2 Å². The molecule has 2 saturated carbocycles. The number of allylic oxidation sites excluding steroid dienone is 3. The van der Waals surface area contributed by atoms with Crippen LogP contribution in [-0.4, -0.2) is 39.5 Å². The number of nitrogens with one attached hydrogen (secondary N) is 3. The van der Waals surface area contributed by atoms with E-state index in [1.165, 1.54) is 24.8 Å². The lowest BCUT2D eigenvalue weighted by molar-refractivity contribution is -0.0271. The van der Waals surface area contributed by atoms with Gasteiger partial charge in [-0.25, -0.2) is 17.9 Å². The second kappa shape index (κ2) is 12.7. The molecule has 0 unspecified atom stereocenters. The fourth-order valence-corrected chi connectivity index (χ4v) is 9.21. The van der Waals surface area contributed by atoms with Crippen molar-refractivity contribution < 1.29 is 22.7 Å². The van der Waals surface area contributed by atoms with Gasteiger partial charge in [0, 0.05) is 12.1 Å². The molecule has 0 saturated heterocycles. The number of ether oxygens (including phenoxy) is 1. The molecule has 2 fully saturated rings. The molecular weight excluding hydrogens is 586 g/mol. The highest BCUT2D eigenvalue weighted by molar-refractivity contribution is 7.90. The van der Waals surface area contributed by atoms with Crippen LogP contribution >= 0.6 is 0 Å². The lowest BCUT2D eigenvalue weighted by Gasteiger charge is -2.59. The third-order valence-electron chi connectivity index (χ3n) is 10.9. The minimum Gasteiger partial charge on any atom is -0.496 e. The Morgan fingerprint density at radius 1 is 1.04 bits per heavy atom. The van der Waals surface area contributed by atoms with Crippen molar-refractivity contribution in [3.63, 3.8) is 0 Å². The van der Waals surface area contributed by atoms with E-state index < -0.39 is 21.6 Å². The van der Waals surface area contributed by atoms with Crippen molar-refractivity contribution in [1.82, 2.24) is 15.4 Å². The molecular formula is C36H47N3O5S. The minimum absolute atomic E-state index is 0.0100. The van der Waals surface area contributed by atoms with Crippen LogP contribution in [0.1, 0.15) is 81.6 Å². The summed E-state index contributed by atoms with van der Waals surface area (Å²) >= 11 is 0. The van der Waals surface area contributed by atoms with Crippen molar-refractivity contribution in [2.24, 2.45) is 22.7 Å². The number of benzene rings is 2. The fourth-order valence-electron chi connectivity index (χ4n) is 8.31. The van der Waals surface area contributed by atoms with E-state index >= 15 is 0 Å². The van der Waals surface area contributed by atoms with Gasteiger partial charge in [-0.3, -0.25) is 4.79 Å². The maximum atomic E-state index is 13.2. The number of fused-ring (bicyclic) bond motifs is 3. The Labute approximate surface area is 268 Å². The minimum atomic E-state index is -4.08. The number of hydrogen-bond donors (Lipinski definition) is 3. The average molecular weight is 634 g/mol. The molecule has 0 radical (unpaired) electrons. The van der Waals surface area contributed by atoms with Crippen molar-refractivity contribution >= 4 is 22.0 Å². The quantitative estimate of drug-likeness (QED) is 0.271. The van der Waals surface area contributed by atoms with Gasteiger partial charge in [0.1, 0.15) is 5.75 Å². The molecule has 3 amide bonds. The van der Waals surface area contributed by atoms with E-state index in [4.69, 9.17) is 4.74 Å². The molecule has 3 aliphatic rings. The molecule has 5 rings (SSSR count). The zero-order chi connectivity index (χ0) is 32.5. The van der Waals surface area contributed by atoms with Crippen LogP contribution in [0.25, 0.3) is 0 Å². The molecule has 0 heterocycles. The molecule has 0 bridgehead atoms. The van der Waals surface area contributed by atoms with E-state index in [-0.39, 0.29) is 27.6 Å². The molecule has 0 aliphatic heterocycles. The van der Waals surface area contributed by atoms with Gasteiger partial charge < -0.3 is 15.4 Å².